The lowest BCUT2D eigenvalue weighted by Crippen LogP contribution is -2.30. The van der Waals surface area contributed by atoms with Crippen LogP contribution in [0.3, 0.4) is 0 Å². The normalized spacial score (nSPS) is 20.3. The summed E-state index contributed by atoms with van der Waals surface area (Å²) in [5, 5.41) is 0. The van der Waals surface area contributed by atoms with Crippen LogP contribution in [0.15, 0.2) is 23.1 Å². The second-order valence-electron chi connectivity index (χ2n) is 6.69. The number of hydrogen-bond donors (Lipinski definition) is 2. The van der Waals surface area contributed by atoms with E-state index in [1.54, 1.807) is 18.2 Å². The number of rotatable bonds is 5. The quantitative estimate of drug-likeness (QED) is 0.869. The van der Waals surface area contributed by atoms with Gasteiger partial charge in [0.05, 0.1) is 7.11 Å². The lowest BCUT2D eigenvalue weighted by molar-refractivity contribution is 0.401. The molecule has 1 aromatic rings. The van der Waals surface area contributed by atoms with Gasteiger partial charge in [0.15, 0.2) is 0 Å². The molecule has 2 rings (SSSR count). The van der Waals surface area contributed by atoms with E-state index in [9.17, 15) is 8.42 Å². The molecular weight excluding hydrogens is 288 g/mol. The Hall–Kier alpha value is -1.11. The van der Waals surface area contributed by atoms with Gasteiger partial charge in [-0.2, -0.15) is 0 Å². The van der Waals surface area contributed by atoms with Crippen molar-refractivity contribution in [2.24, 2.45) is 16.6 Å². The van der Waals surface area contributed by atoms with Crippen LogP contribution in [-0.2, 0) is 16.6 Å². The minimum absolute atomic E-state index is 0.0650. The Morgan fingerprint density at radius 2 is 1.81 bits per heavy atom. The molecule has 0 heterocycles. The number of nitrogens with one attached hydrogen (secondary N) is 1. The van der Waals surface area contributed by atoms with Gasteiger partial charge >= 0.3 is 0 Å². The molecule has 1 aromatic carbocycles. The first kappa shape index (κ1) is 16.3. The number of benzene rings is 1. The summed E-state index contributed by atoms with van der Waals surface area (Å²) in [7, 11) is -2.16. The Bertz CT molecular complexity index is 637. The van der Waals surface area contributed by atoms with Gasteiger partial charge in [-0.15, -0.1) is 0 Å². The second-order valence-corrected chi connectivity index (χ2v) is 8.37. The molecule has 0 aliphatic heterocycles. The van der Waals surface area contributed by atoms with Gasteiger partial charge in [-0.05, 0) is 28.5 Å². The van der Waals surface area contributed by atoms with Crippen molar-refractivity contribution in [2.45, 2.75) is 45.2 Å². The molecule has 1 aliphatic rings. The zero-order valence-corrected chi connectivity index (χ0v) is 14.0. The number of sulfonamides is 1. The van der Waals surface area contributed by atoms with Gasteiger partial charge in [0.25, 0.3) is 0 Å². The zero-order chi connectivity index (χ0) is 16.1. The number of hydrogen-bond acceptors (Lipinski definition) is 4. The monoisotopic (exact) mass is 312 g/mol. The smallest absolute Gasteiger partial charge is 0.244 e. The number of ether oxygens (including phenoxy) is 1. The van der Waals surface area contributed by atoms with Crippen molar-refractivity contribution in [2.75, 3.05) is 7.11 Å². The maximum atomic E-state index is 12.6. The largest absolute Gasteiger partial charge is 0.495 e. The Morgan fingerprint density at radius 1 is 1.24 bits per heavy atom. The molecule has 1 aliphatic carbocycles. The lowest BCUT2D eigenvalue weighted by Gasteiger charge is -2.13. The van der Waals surface area contributed by atoms with Crippen molar-refractivity contribution < 1.29 is 13.2 Å². The molecule has 1 saturated carbocycles. The highest BCUT2D eigenvalue weighted by atomic mass is 32.2. The van der Waals surface area contributed by atoms with Crippen LogP contribution in [0, 0.1) is 10.8 Å². The summed E-state index contributed by atoms with van der Waals surface area (Å²) in [6.07, 6.45) is 0. The fourth-order valence-electron chi connectivity index (χ4n) is 2.77. The van der Waals surface area contributed by atoms with Crippen LogP contribution < -0.4 is 15.2 Å². The number of methoxy groups -OCH3 is 1. The molecular formula is C15H24N2O3S. The molecule has 118 valence electrons. The fraction of sp³-hybridized carbons (Fsp3) is 0.600. The highest BCUT2D eigenvalue weighted by Gasteiger charge is 2.66. The van der Waals surface area contributed by atoms with Crippen molar-refractivity contribution in [3.63, 3.8) is 0 Å². The zero-order valence-electron chi connectivity index (χ0n) is 13.2. The molecule has 21 heavy (non-hydrogen) atoms. The van der Waals surface area contributed by atoms with Crippen LogP contribution in [0.5, 0.6) is 5.75 Å². The third-order valence-electron chi connectivity index (χ3n) is 5.05. The Labute approximate surface area is 126 Å². The first-order valence-corrected chi connectivity index (χ1v) is 8.45. The summed E-state index contributed by atoms with van der Waals surface area (Å²) in [4.78, 5) is 0.153. The molecule has 0 bridgehead atoms. The van der Waals surface area contributed by atoms with Crippen LogP contribution in [0.25, 0.3) is 0 Å². The van der Waals surface area contributed by atoms with Gasteiger partial charge < -0.3 is 10.5 Å². The summed E-state index contributed by atoms with van der Waals surface area (Å²) < 4.78 is 33.2. The average Bonchev–Trinajstić information content (AvgIpc) is 2.79. The SMILES string of the molecule is COc1cc(CN)ccc1S(=O)(=O)NC1C(C)(C)C1(C)C. The Balaban J connectivity index is 2.33. The molecule has 0 atom stereocenters. The van der Waals surface area contributed by atoms with Crippen LogP contribution in [0.4, 0.5) is 0 Å². The van der Waals surface area contributed by atoms with Crippen molar-refractivity contribution in [1.29, 1.82) is 0 Å². The van der Waals surface area contributed by atoms with Gasteiger partial charge in [-0.3, -0.25) is 0 Å². The van der Waals surface area contributed by atoms with E-state index in [1.807, 2.05) is 0 Å². The predicted molar refractivity (Wildman–Crippen MR) is 82.6 cm³/mol. The molecule has 6 heteroatoms. The predicted octanol–water partition coefficient (Wildman–Crippen LogP) is 1.87. The summed E-state index contributed by atoms with van der Waals surface area (Å²) in [5.74, 6) is 0.321. The van der Waals surface area contributed by atoms with Crippen molar-refractivity contribution in [3.8, 4) is 5.75 Å². The van der Waals surface area contributed by atoms with E-state index in [4.69, 9.17) is 10.5 Å². The summed E-state index contributed by atoms with van der Waals surface area (Å²) in [6.45, 7) is 8.60. The lowest BCUT2D eigenvalue weighted by atomic mass is 10.0. The van der Waals surface area contributed by atoms with Crippen LogP contribution in [-0.4, -0.2) is 21.6 Å². The topological polar surface area (TPSA) is 81.4 Å². The molecule has 0 saturated heterocycles. The third-order valence-corrected chi connectivity index (χ3v) is 6.51. The molecule has 5 nitrogen and oxygen atoms in total. The van der Waals surface area contributed by atoms with E-state index in [0.717, 1.165) is 5.56 Å². The van der Waals surface area contributed by atoms with E-state index in [2.05, 4.69) is 32.4 Å². The van der Waals surface area contributed by atoms with E-state index in [-0.39, 0.29) is 21.8 Å². The maximum absolute atomic E-state index is 12.6. The average molecular weight is 312 g/mol. The van der Waals surface area contributed by atoms with Crippen molar-refractivity contribution >= 4 is 10.0 Å². The number of nitrogens with two attached hydrogens (primary N) is 1. The van der Waals surface area contributed by atoms with Crippen LogP contribution >= 0.6 is 0 Å². The highest BCUT2D eigenvalue weighted by Crippen LogP contribution is 2.63. The van der Waals surface area contributed by atoms with E-state index in [1.165, 1.54) is 7.11 Å². The maximum Gasteiger partial charge on any atom is 0.244 e. The first-order chi connectivity index (χ1) is 9.57. The van der Waals surface area contributed by atoms with E-state index in [0.29, 0.717) is 12.3 Å². The van der Waals surface area contributed by atoms with E-state index >= 15 is 0 Å². The molecule has 0 amide bonds. The van der Waals surface area contributed by atoms with Gasteiger partial charge in [0, 0.05) is 12.6 Å². The van der Waals surface area contributed by atoms with Gasteiger partial charge in [0.1, 0.15) is 10.6 Å². The fourth-order valence-corrected chi connectivity index (χ4v) is 4.45. The molecule has 3 N–H and O–H groups in total. The van der Waals surface area contributed by atoms with Gasteiger partial charge in [-0.25, -0.2) is 13.1 Å². The van der Waals surface area contributed by atoms with Gasteiger partial charge in [0.2, 0.25) is 10.0 Å². The molecule has 0 spiro atoms. The molecule has 0 aromatic heterocycles. The third kappa shape index (κ3) is 2.56. The molecule has 0 radical (unpaired) electrons. The minimum Gasteiger partial charge on any atom is -0.495 e. The Kier molecular flexibility index (Phi) is 3.85. The van der Waals surface area contributed by atoms with Crippen molar-refractivity contribution in [3.05, 3.63) is 23.8 Å². The second kappa shape index (κ2) is 4.97. The summed E-state index contributed by atoms with van der Waals surface area (Å²) >= 11 is 0. The first-order valence-electron chi connectivity index (χ1n) is 6.97. The standard InChI is InChI=1S/C15H24N2O3S/c1-14(2)13(15(14,3)4)17-21(18,19)12-7-6-10(9-16)8-11(12)20-5/h6-8,13,17H,9,16H2,1-5H3. The molecule has 0 unspecified atom stereocenters. The summed E-state index contributed by atoms with van der Waals surface area (Å²) in [5.41, 5.74) is 6.28. The Morgan fingerprint density at radius 3 is 2.24 bits per heavy atom. The van der Waals surface area contributed by atoms with Crippen LogP contribution in [0.2, 0.25) is 0 Å². The summed E-state index contributed by atoms with van der Waals surface area (Å²) in [6, 6.07) is 4.83. The minimum atomic E-state index is -3.62. The van der Waals surface area contributed by atoms with Crippen molar-refractivity contribution in [1.82, 2.24) is 4.72 Å². The van der Waals surface area contributed by atoms with Crippen LogP contribution in [0.1, 0.15) is 33.3 Å². The highest BCUT2D eigenvalue weighted by molar-refractivity contribution is 7.89. The van der Waals surface area contributed by atoms with E-state index < -0.39 is 10.0 Å². The van der Waals surface area contributed by atoms with Gasteiger partial charge in [-0.1, -0.05) is 33.8 Å². The molecule has 1 fully saturated rings.